The Hall–Kier alpha value is -1.30. The summed E-state index contributed by atoms with van der Waals surface area (Å²) in [5.74, 6) is 0.724. The van der Waals surface area contributed by atoms with Gasteiger partial charge in [0.1, 0.15) is 6.04 Å². The molecule has 0 aromatic heterocycles. The lowest BCUT2D eigenvalue weighted by molar-refractivity contribution is -0.124. The van der Waals surface area contributed by atoms with Gasteiger partial charge in [-0.1, -0.05) is 13.8 Å². The molecule has 2 saturated heterocycles. The molecular formula is C13H23N3O3. The van der Waals surface area contributed by atoms with Gasteiger partial charge in [-0.15, -0.1) is 0 Å². The third kappa shape index (κ3) is 2.68. The van der Waals surface area contributed by atoms with Crippen molar-refractivity contribution in [2.24, 2.45) is 23.5 Å². The van der Waals surface area contributed by atoms with Crippen LogP contribution in [0.5, 0.6) is 0 Å². The number of hydrogen-bond acceptors (Lipinski definition) is 3. The molecule has 0 aliphatic carbocycles. The minimum Gasteiger partial charge on any atom is -0.381 e. The molecule has 2 N–H and O–H groups in total. The molecule has 2 aliphatic heterocycles. The maximum absolute atomic E-state index is 12.3. The Labute approximate surface area is 113 Å². The summed E-state index contributed by atoms with van der Waals surface area (Å²) >= 11 is 0. The molecule has 0 bridgehead atoms. The number of carbonyl (C=O) groups is 2. The third-order valence-corrected chi connectivity index (χ3v) is 4.15. The van der Waals surface area contributed by atoms with Crippen LogP contribution in [0.1, 0.15) is 13.8 Å². The van der Waals surface area contributed by atoms with E-state index in [9.17, 15) is 9.59 Å². The van der Waals surface area contributed by atoms with Crippen molar-refractivity contribution in [3.05, 3.63) is 0 Å². The summed E-state index contributed by atoms with van der Waals surface area (Å²) in [5.41, 5.74) is 5.37. The van der Waals surface area contributed by atoms with Gasteiger partial charge in [-0.2, -0.15) is 0 Å². The van der Waals surface area contributed by atoms with Crippen LogP contribution in [-0.2, 0) is 9.53 Å². The molecule has 19 heavy (non-hydrogen) atoms. The van der Waals surface area contributed by atoms with Crippen molar-refractivity contribution in [3.8, 4) is 0 Å². The zero-order chi connectivity index (χ0) is 14.2. The molecule has 1 atom stereocenters. The molecule has 0 unspecified atom stereocenters. The van der Waals surface area contributed by atoms with Crippen LogP contribution in [-0.4, -0.2) is 61.1 Å². The molecule has 0 spiro atoms. The first-order chi connectivity index (χ1) is 8.91. The molecule has 0 aromatic rings. The second-order valence-corrected chi connectivity index (χ2v) is 5.95. The van der Waals surface area contributed by atoms with Gasteiger partial charge >= 0.3 is 6.03 Å². The zero-order valence-corrected chi connectivity index (χ0v) is 11.8. The number of likely N-dealkylation sites (tertiary alicyclic amines) is 1. The summed E-state index contributed by atoms with van der Waals surface area (Å²) in [6.07, 6.45) is 0. The second-order valence-electron chi connectivity index (χ2n) is 5.95. The molecule has 0 saturated carbocycles. The van der Waals surface area contributed by atoms with Crippen molar-refractivity contribution in [3.63, 3.8) is 0 Å². The molecule has 3 amide bonds. The summed E-state index contributed by atoms with van der Waals surface area (Å²) in [5, 5.41) is 0. The van der Waals surface area contributed by atoms with Crippen LogP contribution in [0.2, 0.25) is 0 Å². The van der Waals surface area contributed by atoms with Crippen LogP contribution in [0.4, 0.5) is 4.79 Å². The van der Waals surface area contributed by atoms with E-state index in [-0.39, 0.29) is 11.9 Å². The van der Waals surface area contributed by atoms with Crippen molar-refractivity contribution in [2.75, 3.05) is 33.4 Å². The number of nitrogens with zero attached hydrogens (tertiary/aromatic N) is 2. The van der Waals surface area contributed by atoms with E-state index in [4.69, 9.17) is 10.5 Å². The Morgan fingerprint density at radius 3 is 2.21 bits per heavy atom. The lowest BCUT2D eigenvalue weighted by Crippen LogP contribution is -2.61. The van der Waals surface area contributed by atoms with Gasteiger partial charge in [-0.05, 0) is 5.92 Å². The fourth-order valence-electron chi connectivity index (χ4n) is 2.80. The maximum atomic E-state index is 12.3. The Morgan fingerprint density at radius 1 is 1.26 bits per heavy atom. The highest BCUT2D eigenvalue weighted by atomic mass is 16.5. The third-order valence-electron chi connectivity index (χ3n) is 4.15. The number of rotatable bonds is 4. The molecule has 2 aliphatic rings. The van der Waals surface area contributed by atoms with Crippen molar-refractivity contribution >= 4 is 11.9 Å². The highest BCUT2D eigenvalue weighted by molar-refractivity contribution is 5.86. The Bertz CT molecular complexity index is 362. The SMILES string of the molecule is CC(C)[C@@H](C(N)=O)N(C)C(=O)N1CC(C2COC2)C1. The van der Waals surface area contributed by atoms with Gasteiger partial charge in [0, 0.05) is 32.0 Å². The summed E-state index contributed by atoms with van der Waals surface area (Å²) in [6.45, 7) is 6.95. The number of urea groups is 1. The van der Waals surface area contributed by atoms with Gasteiger partial charge in [0.2, 0.25) is 5.91 Å². The van der Waals surface area contributed by atoms with Crippen molar-refractivity contribution in [1.29, 1.82) is 0 Å². The van der Waals surface area contributed by atoms with Crippen LogP contribution in [0.25, 0.3) is 0 Å². The van der Waals surface area contributed by atoms with Gasteiger partial charge in [0.05, 0.1) is 13.2 Å². The summed E-state index contributed by atoms with van der Waals surface area (Å²) in [4.78, 5) is 27.0. The molecule has 0 aromatic carbocycles. The van der Waals surface area contributed by atoms with E-state index in [2.05, 4.69) is 0 Å². The Kier molecular flexibility index (Phi) is 3.99. The standard InChI is InChI=1S/C13H23N3O3/c1-8(2)11(12(14)17)15(3)13(18)16-4-9(5-16)10-6-19-7-10/h8-11H,4-7H2,1-3H3,(H2,14,17)/t11-/m0/s1. The van der Waals surface area contributed by atoms with E-state index >= 15 is 0 Å². The molecule has 2 heterocycles. The van der Waals surface area contributed by atoms with Gasteiger partial charge in [0.25, 0.3) is 0 Å². The van der Waals surface area contributed by atoms with Crippen LogP contribution in [0.3, 0.4) is 0 Å². The van der Waals surface area contributed by atoms with E-state index in [1.807, 2.05) is 13.8 Å². The van der Waals surface area contributed by atoms with E-state index in [0.717, 1.165) is 26.3 Å². The monoisotopic (exact) mass is 269 g/mol. The van der Waals surface area contributed by atoms with Crippen LogP contribution < -0.4 is 5.73 Å². The summed E-state index contributed by atoms with van der Waals surface area (Å²) < 4.78 is 5.16. The highest BCUT2D eigenvalue weighted by Gasteiger charge is 2.41. The summed E-state index contributed by atoms with van der Waals surface area (Å²) in [6, 6.07) is -0.646. The van der Waals surface area contributed by atoms with Gasteiger partial charge in [-0.25, -0.2) is 4.79 Å². The predicted molar refractivity (Wildman–Crippen MR) is 70.4 cm³/mol. The largest absolute Gasteiger partial charge is 0.381 e. The highest BCUT2D eigenvalue weighted by Crippen LogP contribution is 2.30. The van der Waals surface area contributed by atoms with Crippen LogP contribution in [0.15, 0.2) is 0 Å². The number of nitrogens with two attached hydrogens (primary N) is 1. The predicted octanol–water partition coefficient (Wildman–Crippen LogP) is 0.126. The second kappa shape index (κ2) is 5.36. The average Bonchev–Trinajstić information content (AvgIpc) is 2.17. The van der Waals surface area contributed by atoms with E-state index in [0.29, 0.717) is 11.8 Å². The number of ether oxygens (including phenoxy) is 1. The first kappa shape index (κ1) is 14.1. The molecule has 6 heteroatoms. The number of amides is 3. The number of primary amides is 1. The minimum absolute atomic E-state index is 0.0172. The van der Waals surface area contributed by atoms with Crippen LogP contribution >= 0.6 is 0 Å². The van der Waals surface area contributed by atoms with Crippen LogP contribution in [0, 0.1) is 17.8 Å². The summed E-state index contributed by atoms with van der Waals surface area (Å²) in [7, 11) is 1.65. The fourth-order valence-corrected chi connectivity index (χ4v) is 2.80. The quantitative estimate of drug-likeness (QED) is 0.788. The normalized spacial score (nSPS) is 21.8. The lowest BCUT2D eigenvalue weighted by Gasteiger charge is -2.47. The van der Waals surface area contributed by atoms with Crippen molar-refractivity contribution < 1.29 is 14.3 Å². The van der Waals surface area contributed by atoms with Gasteiger partial charge in [0.15, 0.2) is 0 Å². The minimum atomic E-state index is -0.543. The van der Waals surface area contributed by atoms with Crippen molar-refractivity contribution in [2.45, 2.75) is 19.9 Å². The number of carbonyl (C=O) groups excluding carboxylic acids is 2. The van der Waals surface area contributed by atoms with Gasteiger partial charge in [-0.3, -0.25) is 4.79 Å². The first-order valence-electron chi connectivity index (χ1n) is 6.80. The lowest BCUT2D eigenvalue weighted by atomic mass is 9.84. The Morgan fingerprint density at radius 2 is 1.84 bits per heavy atom. The maximum Gasteiger partial charge on any atom is 0.320 e. The molecule has 6 nitrogen and oxygen atoms in total. The average molecular weight is 269 g/mol. The first-order valence-corrected chi connectivity index (χ1v) is 6.80. The number of likely N-dealkylation sites (N-methyl/N-ethyl adjacent to an activating group) is 1. The zero-order valence-electron chi connectivity index (χ0n) is 11.8. The van der Waals surface area contributed by atoms with Gasteiger partial charge < -0.3 is 20.3 Å². The number of hydrogen-bond donors (Lipinski definition) is 1. The van der Waals surface area contributed by atoms with E-state index in [1.54, 1.807) is 11.9 Å². The molecule has 2 fully saturated rings. The molecule has 108 valence electrons. The Balaban J connectivity index is 1.87. The molecular weight excluding hydrogens is 246 g/mol. The fraction of sp³-hybridized carbons (Fsp3) is 0.846. The van der Waals surface area contributed by atoms with E-state index < -0.39 is 11.9 Å². The molecule has 0 radical (unpaired) electrons. The van der Waals surface area contributed by atoms with Crippen molar-refractivity contribution in [1.82, 2.24) is 9.80 Å². The van der Waals surface area contributed by atoms with E-state index in [1.165, 1.54) is 4.90 Å². The topological polar surface area (TPSA) is 75.9 Å². The smallest absolute Gasteiger partial charge is 0.320 e. The molecule has 2 rings (SSSR count).